The van der Waals surface area contributed by atoms with Crippen LogP contribution in [0.1, 0.15) is 43.2 Å². The van der Waals surface area contributed by atoms with Crippen LogP contribution in [0.3, 0.4) is 0 Å². The summed E-state index contributed by atoms with van der Waals surface area (Å²) in [6.07, 6.45) is 9.06. The molecule has 4 rings (SSSR count). The summed E-state index contributed by atoms with van der Waals surface area (Å²) in [5.41, 5.74) is 3.07. The maximum Gasteiger partial charge on any atom is 0.244 e. The smallest absolute Gasteiger partial charge is 0.244 e. The Kier molecular flexibility index (Phi) is 4.26. The summed E-state index contributed by atoms with van der Waals surface area (Å²) in [6.45, 7) is 1.51. The molecular formula is C18H23NO4S. The second-order valence-corrected chi connectivity index (χ2v) is 8.33. The van der Waals surface area contributed by atoms with Crippen molar-refractivity contribution in [2.24, 2.45) is 0 Å². The SMILES string of the molecule is O=S(=O)(NCCC1=CCCCC1)c1c2c(cc3c1OCC3)OCC2. The van der Waals surface area contributed by atoms with E-state index in [0.717, 1.165) is 36.8 Å². The van der Waals surface area contributed by atoms with Gasteiger partial charge in [0.15, 0.2) is 0 Å². The van der Waals surface area contributed by atoms with E-state index in [2.05, 4.69) is 10.8 Å². The maximum absolute atomic E-state index is 12.9. The van der Waals surface area contributed by atoms with Crippen molar-refractivity contribution in [1.29, 1.82) is 0 Å². The fourth-order valence-electron chi connectivity index (χ4n) is 3.78. The van der Waals surface area contributed by atoms with Gasteiger partial charge in [0, 0.05) is 30.5 Å². The Morgan fingerprint density at radius 2 is 1.96 bits per heavy atom. The van der Waals surface area contributed by atoms with Gasteiger partial charge in [-0.25, -0.2) is 13.1 Å². The number of rotatable bonds is 5. The Labute approximate surface area is 143 Å². The molecule has 130 valence electrons. The van der Waals surface area contributed by atoms with Crippen molar-refractivity contribution in [2.75, 3.05) is 19.8 Å². The van der Waals surface area contributed by atoms with Gasteiger partial charge in [-0.2, -0.15) is 0 Å². The average Bonchev–Trinajstić information content (AvgIpc) is 3.21. The Bertz CT molecular complexity index is 750. The molecular weight excluding hydrogens is 326 g/mol. The Hall–Kier alpha value is -1.53. The van der Waals surface area contributed by atoms with Crippen LogP contribution in [-0.2, 0) is 22.9 Å². The molecule has 0 fully saturated rings. The number of ether oxygens (including phenoxy) is 2. The lowest BCUT2D eigenvalue weighted by molar-refractivity contribution is 0.348. The van der Waals surface area contributed by atoms with Crippen LogP contribution in [0.2, 0.25) is 0 Å². The highest BCUT2D eigenvalue weighted by atomic mass is 32.2. The molecule has 0 bridgehead atoms. The summed E-state index contributed by atoms with van der Waals surface area (Å²) in [5, 5.41) is 0. The first-order valence-electron chi connectivity index (χ1n) is 8.77. The molecule has 2 heterocycles. The molecule has 0 unspecified atom stereocenters. The lowest BCUT2D eigenvalue weighted by Gasteiger charge is -2.16. The van der Waals surface area contributed by atoms with Crippen LogP contribution in [0.25, 0.3) is 0 Å². The molecule has 0 atom stereocenters. The molecule has 0 saturated carbocycles. The highest BCUT2D eigenvalue weighted by molar-refractivity contribution is 7.89. The van der Waals surface area contributed by atoms with Crippen molar-refractivity contribution < 1.29 is 17.9 Å². The third-order valence-electron chi connectivity index (χ3n) is 4.99. The second kappa shape index (κ2) is 6.41. The van der Waals surface area contributed by atoms with Crippen LogP contribution in [0.5, 0.6) is 11.5 Å². The average molecular weight is 349 g/mol. The molecule has 1 aliphatic carbocycles. The van der Waals surface area contributed by atoms with Gasteiger partial charge in [0.1, 0.15) is 16.4 Å². The molecule has 0 radical (unpaired) electrons. The van der Waals surface area contributed by atoms with E-state index in [1.165, 1.54) is 18.4 Å². The Morgan fingerprint density at radius 3 is 2.79 bits per heavy atom. The zero-order valence-corrected chi connectivity index (χ0v) is 14.6. The van der Waals surface area contributed by atoms with Crippen molar-refractivity contribution in [2.45, 2.75) is 49.8 Å². The van der Waals surface area contributed by atoms with Crippen LogP contribution in [0.15, 0.2) is 22.6 Å². The van der Waals surface area contributed by atoms with Gasteiger partial charge in [0.2, 0.25) is 10.0 Å². The van der Waals surface area contributed by atoms with Gasteiger partial charge in [0.05, 0.1) is 13.2 Å². The van der Waals surface area contributed by atoms with Crippen LogP contribution >= 0.6 is 0 Å². The predicted octanol–water partition coefficient (Wildman–Crippen LogP) is 2.73. The fraction of sp³-hybridized carbons (Fsp3) is 0.556. The summed E-state index contributed by atoms with van der Waals surface area (Å²) in [5.74, 6) is 1.23. The summed E-state index contributed by atoms with van der Waals surface area (Å²) in [4.78, 5) is 0.308. The third-order valence-corrected chi connectivity index (χ3v) is 6.55. The van der Waals surface area contributed by atoms with Gasteiger partial charge in [-0.1, -0.05) is 11.6 Å². The molecule has 1 aromatic rings. The molecule has 0 saturated heterocycles. The third kappa shape index (κ3) is 2.93. The van der Waals surface area contributed by atoms with Gasteiger partial charge >= 0.3 is 0 Å². The quantitative estimate of drug-likeness (QED) is 0.830. The highest BCUT2D eigenvalue weighted by Crippen LogP contribution is 2.43. The molecule has 0 aromatic heterocycles. The molecule has 1 aromatic carbocycles. The standard InChI is InChI=1S/C18H23NO4S/c20-24(21,19-9-6-13-4-2-1-3-5-13)18-15-8-11-22-16(15)12-14-7-10-23-17(14)18/h4,12,19H,1-3,5-11H2. The number of allylic oxidation sites excluding steroid dienone is 1. The first-order valence-corrected chi connectivity index (χ1v) is 10.3. The molecule has 6 heteroatoms. The molecule has 5 nitrogen and oxygen atoms in total. The van der Waals surface area contributed by atoms with Crippen molar-refractivity contribution in [3.05, 3.63) is 28.8 Å². The summed E-state index contributed by atoms with van der Waals surface area (Å²) < 4.78 is 39.9. The van der Waals surface area contributed by atoms with E-state index < -0.39 is 10.0 Å². The van der Waals surface area contributed by atoms with E-state index in [4.69, 9.17) is 9.47 Å². The molecule has 24 heavy (non-hydrogen) atoms. The minimum Gasteiger partial charge on any atom is -0.493 e. The first kappa shape index (κ1) is 16.0. The summed E-state index contributed by atoms with van der Waals surface area (Å²) in [7, 11) is -3.59. The van der Waals surface area contributed by atoms with Gasteiger partial charge in [-0.3, -0.25) is 0 Å². The predicted molar refractivity (Wildman–Crippen MR) is 91.2 cm³/mol. The van der Waals surface area contributed by atoms with E-state index in [9.17, 15) is 8.42 Å². The second-order valence-electron chi connectivity index (χ2n) is 6.62. The zero-order valence-electron chi connectivity index (χ0n) is 13.8. The van der Waals surface area contributed by atoms with Crippen molar-refractivity contribution in [1.82, 2.24) is 4.72 Å². The van der Waals surface area contributed by atoms with E-state index in [-0.39, 0.29) is 0 Å². The monoisotopic (exact) mass is 349 g/mol. The van der Waals surface area contributed by atoms with Gasteiger partial charge < -0.3 is 9.47 Å². The lowest BCUT2D eigenvalue weighted by atomic mass is 9.97. The van der Waals surface area contributed by atoms with E-state index >= 15 is 0 Å². The van der Waals surface area contributed by atoms with E-state index in [1.54, 1.807) is 0 Å². The van der Waals surface area contributed by atoms with Crippen LogP contribution < -0.4 is 14.2 Å². The number of hydrogen-bond donors (Lipinski definition) is 1. The first-order chi connectivity index (χ1) is 11.6. The van der Waals surface area contributed by atoms with Crippen molar-refractivity contribution in [3.8, 4) is 11.5 Å². The van der Waals surface area contributed by atoms with Gasteiger partial charge in [0.25, 0.3) is 0 Å². The van der Waals surface area contributed by atoms with Crippen molar-refractivity contribution >= 4 is 10.0 Å². The van der Waals surface area contributed by atoms with E-state index in [1.807, 2.05) is 6.07 Å². The number of hydrogen-bond acceptors (Lipinski definition) is 4. The molecule has 0 amide bonds. The van der Waals surface area contributed by atoms with Crippen molar-refractivity contribution in [3.63, 3.8) is 0 Å². The molecule has 2 aliphatic heterocycles. The van der Waals surface area contributed by atoms with E-state index in [0.29, 0.717) is 42.6 Å². The Morgan fingerprint density at radius 1 is 1.08 bits per heavy atom. The normalized spacial score (nSPS) is 19.2. The van der Waals surface area contributed by atoms with Crippen LogP contribution in [0, 0.1) is 0 Å². The minimum absolute atomic E-state index is 0.308. The van der Waals surface area contributed by atoms with Crippen LogP contribution in [0.4, 0.5) is 0 Å². The van der Waals surface area contributed by atoms with Gasteiger partial charge in [-0.05, 0) is 38.2 Å². The number of nitrogens with one attached hydrogen (secondary N) is 1. The largest absolute Gasteiger partial charge is 0.493 e. The minimum atomic E-state index is -3.59. The summed E-state index contributed by atoms with van der Waals surface area (Å²) in [6, 6.07) is 1.94. The van der Waals surface area contributed by atoms with Crippen LogP contribution in [-0.4, -0.2) is 28.2 Å². The van der Waals surface area contributed by atoms with Gasteiger partial charge in [-0.15, -0.1) is 0 Å². The fourth-order valence-corrected chi connectivity index (χ4v) is 5.25. The zero-order chi connectivity index (χ0) is 16.6. The topological polar surface area (TPSA) is 64.6 Å². The molecule has 3 aliphatic rings. The lowest BCUT2D eigenvalue weighted by Crippen LogP contribution is -2.26. The maximum atomic E-state index is 12.9. The number of fused-ring (bicyclic) bond motifs is 2. The number of sulfonamides is 1. The highest BCUT2D eigenvalue weighted by Gasteiger charge is 2.33. The molecule has 0 spiro atoms. The number of benzene rings is 1. The Balaban J connectivity index is 1.57. The summed E-state index contributed by atoms with van der Waals surface area (Å²) >= 11 is 0. The molecule has 1 N–H and O–H groups in total.